The number of carboxylic acids is 1. The van der Waals surface area contributed by atoms with Gasteiger partial charge in [0.05, 0.1) is 21.6 Å². The number of pyridine rings is 1. The van der Waals surface area contributed by atoms with Crippen LogP contribution in [0.5, 0.6) is 0 Å². The van der Waals surface area contributed by atoms with Crippen LogP contribution in [0.2, 0.25) is 5.02 Å². The number of alkyl halides is 3. The number of anilines is 1. The van der Waals surface area contributed by atoms with Crippen molar-refractivity contribution in [1.82, 2.24) is 4.57 Å². The molecule has 0 amide bonds. The van der Waals surface area contributed by atoms with E-state index in [0.717, 1.165) is 18.9 Å². The van der Waals surface area contributed by atoms with E-state index in [1.807, 2.05) is 0 Å². The second-order valence-corrected chi connectivity index (χ2v) is 8.09. The molecule has 30 heavy (non-hydrogen) atoms. The standard InChI is InChI=1S/C19H17ClF4N2O4/c20-13-14-10(16(27)11(18(29)30)7-26(14)9-1-2-9)5-12(21)15(13)25-4-3-8(6-25)17(28)19(22,23)24/h5,7-9,17,28H,1-4,6H2,(H,29,30)/t8-,17+/m1/s1. The van der Waals surface area contributed by atoms with Crippen LogP contribution in [0.3, 0.4) is 0 Å². The van der Waals surface area contributed by atoms with Gasteiger partial charge in [0.2, 0.25) is 5.43 Å². The van der Waals surface area contributed by atoms with E-state index in [0.29, 0.717) is 0 Å². The maximum absolute atomic E-state index is 14.9. The lowest BCUT2D eigenvalue weighted by molar-refractivity contribution is -0.217. The molecule has 1 saturated heterocycles. The number of hydrogen-bond donors (Lipinski definition) is 2. The Labute approximate surface area is 172 Å². The molecule has 1 aliphatic heterocycles. The van der Waals surface area contributed by atoms with E-state index < -0.39 is 41.0 Å². The molecule has 2 aliphatic rings. The average molecular weight is 449 g/mol. The van der Waals surface area contributed by atoms with E-state index in [4.69, 9.17) is 11.6 Å². The fourth-order valence-electron chi connectivity index (χ4n) is 4.03. The number of carbonyl (C=O) groups is 1. The average Bonchev–Trinajstić information content (AvgIpc) is 3.38. The molecular formula is C19H17ClF4N2O4. The fourth-order valence-corrected chi connectivity index (χ4v) is 4.44. The second-order valence-electron chi connectivity index (χ2n) is 7.71. The molecule has 1 aliphatic carbocycles. The first kappa shape index (κ1) is 20.9. The number of halogens is 5. The molecular weight excluding hydrogens is 432 g/mol. The number of carboxylic acid groups (broad SMARTS) is 1. The molecule has 11 heteroatoms. The van der Waals surface area contributed by atoms with Gasteiger partial charge in [-0.15, -0.1) is 0 Å². The first-order valence-corrected chi connectivity index (χ1v) is 9.68. The van der Waals surface area contributed by atoms with E-state index in [1.165, 1.54) is 15.7 Å². The van der Waals surface area contributed by atoms with Gasteiger partial charge in [-0.05, 0) is 25.3 Å². The Morgan fingerprint density at radius 1 is 1.27 bits per heavy atom. The first-order valence-electron chi connectivity index (χ1n) is 9.30. The smallest absolute Gasteiger partial charge is 0.414 e. The van der Waals surface area contributed by atoms with Crippen LogP contribution in [0.1, 0.15) is 35.7 Å². The molecule has 0 radical (unpaired) electrons. The van der Waals surface area contributed by atoms with Crippen LogP contribution in [0.4, 0.5) is 23.2 Å². The van der Waals surface area contributed by atoms with Crippen LogP contribution < -0.4 is 10.3 Å². The zero-order chi connectivity index (χ0) is 22.0. The molecule has 0 bridgehead atoms. The van der Waals surface area contributed by atoms with Crippen LogP contribution in [0.15, 0.2) is 17.1 Å². The molecule has 2 heterocycles. The SMILES string of the molecule is O=C(O)c1cn(C2CC2)c2c(Cl)c(N3CC[C@@H]([C@H](O)C(F)(F)F)C3)c(F)cc2c1=O. The highest BCUT2D eigenvalue weighted by molar-refractivity contribution is 6.38. The summed E-state index contributed by atoms with van der Waals surface area (Å²) in [7, 11) is 0. The fraction of sp³-hybridized carbons (Fsp3) is 0.474. The van der Waals surface area contributed by atoms with E-state index in [1.54, 1.807) is 0 Å². The van der Waals surface area contributed by atoms with Gasteiger partial charge in [-0.25, -0.2) is 9.18 Å². The highest BCUT2D eigenvalue weighted by atomic mass is 35.5. The quantitative estimate of drug-likeness (QED) is 0.699. The molecule has 1 aromatic heterocycles. The molecule has 1 saturated carbocycles. The van der Waals surface area contributed by atoms with E-state index in [9.17, 15) is 37.4 Å². The third kappa shape index (κ3) is 3.41. The second kappa shape index (κ2) is 7.12. The normalized spacial score (nSPS) is 20.7. The summed E-state index contributed by atoms with van der Waals surface area (Å²) >= 11 is 6.45. The van der Waals surface area contributed by atoms with Crippen LogP contribution in [-0.4, -0.2) is 46.1 Å². The van der Waals surface area contributed by atoms with Crippen molar-refractivity contribution in [2.45, 2.75) is 37.6 Å². The number of fused-ring (bicyclic) bond motifs is 1. The van der Waals surface area contributed by atoms with Gasteiger partial charge in [-0.1, -0.05) is 11.6 Å². The molecule has 2 N–H and O–H groups in total. The molecule has 0 spiro atoms. The number of rotatable bonds is 4. The number of aliphatic hydroxyl groups is 1. The summed E-state index contributed by atoms with van der Waals surface area (Å²) in [6, 6.07) is 0.790. The molecule has 0 unspecified atom stereocenters. The third-order valence-electron chi connectivity index (χ3n) is 5.68. The molecule has 2 fully saturated rings. The maximum Gasteiger partial charge on any atom is 0.414 e. The lowest BCUT2D eigenvalue weighted by Gasteiger charge is -2.25. The monoisotopic (exact) mass is 448 g/mol. The highest BCUT2D eigenvalue weighted by Gasteiger charge is 2.46. The Morgan fingerprint density at radius 3 is 2.50 bits per heavy atom. The third-order valence-corrected chi connectivity index (χ3v) is 6.04. The summed E-state index contributed by atoms with van der Waals surface area (Å²) in [5.74, 6) is -3.52. The molecule has 6 nitrogen and oxygen atoms in total. The summed E-state index contributed by atoms with van der Waals surface area (Å²) < 4.78 is 55.0. The van der Waals surface area contributed by atoms with Crippen molar-refractivity contribution in [3.05, 3.63) is 38.9 Å². The van der Waals surface area contributed by atoms with Crippen molar-refractivity contribution in [2.75, 3.05) is 18.0 Å². The van der Waals surface area contributed by atoms with Gasteiger partial charge in [0.25, 0.3) is 0 Å². The Kier molecular flexibility index (Phi) is 4.97. The van der Waals surface area contributed by atoms with Crippen molar-refractivity contribution in [2.24, 2.45) is 5.92 Å². The summed E-state index contributed by atoms with van der Waals surface area (Å²) in [6.45, 7) is -0.218. The molecule has 1 aromatic carbocycles. The zero-order valence-corrected chi connectivity index (χ0v) is 16.2. The number of hydrogen-bond acceptors (Lipinski definition) is 4. The molecule has 162 valence electrons. The molecule has 2 atom stereocenters. The number of aromatic carboxylic acids is 1. The summed E-state index contributed by atoms with van der Waals surface area (Å²) in [5.41, 5.74) is -1.39. The minimum Gasteiger partial charge on any atom is -0.477 e. The number of aromatic nitrogens is 1. The van der Waals surface area contributed by atoms with Gasteiger partial charge < -0.3 is 19.7 Å². The first-order chi connectivity index (χ1) is 14.0. The van der Waals surface area contributed by atoms with Crippen molar-refractivity contribution in [3.8, 4) is 0 Å². The zero-order valence-electron chi connectivity index (χ0n) is 15.4. The minimum atomic E-state index is -4.79. The summed E-state index contributed by atoms with van der Waals surface area (Å²) in [4.78, 5) is 25.3. The lowest BCUT2D eigenvalue weighted by atomic mass is 10.0. The van der Waals surface area contributed by atoms with Gasteiger partial charge >= 0.3 is 12.1 Å². The van der Waals surface area contributed by atoms with Gasteiger partial charge in [0, 0.05) is 31.2 Å². The van der Waals surface area contributed by atoms with Crippen molar-refractivity contribution < 1.29 is 32.6 Å². The van der Waals surface area contributed by atoms with Gasteiger partial charge in [-0.3, -0.25) is 4.79 Å². The van der Waals surface area contributed by atoms with Crippen LogP contribution in [0.25, 0.3) is 10.9 Å². The van der Waals surface area contributed by atoms with Gasteiger partial charge in [0.15, 0.2) is 6.10 Å². The number of nitrogens with zero attached hydrogens (tertiary/aromatic N) is 2. The van der Waals surface area contributed by atoms with Gasteiger partial charge in [0.1, 0.15) is 11.4 Å². The van der Waals surface area contributed by atoms with Crippen LogP contribution in [-0.2, 0) is 0 Å². The Hall–Kier alpha value is -2.33. The number of benzene rings is 1. The highest BCUT2D eigenvalue weighted by Crippen LogP contribution is 2.43. The molecule has 2 aromatic rings. The Balaban J connectivity index is 1.83. The molecule has 4 rings (SSSR count). The van der Waals surface area contributed by atoms with Crippen molar-refractivity contribution in [3.63, 3.8) is 0 Å². The largest absolute Gasteiger partial charge is 0.477 e. The van der Waals surface area contributed by atoms with E-state index >= 15 is 0 Å². The van der Waals surface area contributed by atoms with Gasteiger partial charge in [-0.2, -0.15) is 13.2 Å². The predicted molar refractivity (Wildman–Crippen MR) is 101 cm³/mol. The van der Waals surface area contributed by atoms with Crippen molar-refractivity contribution in [1.29, 1.82) is 0 Å². The Morgan fingerprint density at radius 2 is 1.93 bits per heavy atom. The van der Waals surface area contributed by atoms with Crippen LogP contribution >= 0.6 is 11.6 Å². The lowest BCUT2D eigenvalue weighted by Crippen LogP contribution is -2.37. The van der Waals surface area contributed by atoms with Crippen molar-refractivity contribution >= 4 is 34.2 Å². The summed E-state index contributed by atoms with van der Waals surface area (Å²) in [5, 5.41) is 18.5. The topological polar surface area (TPSA) is 82.8 Å². The predicted octanol–water partition coefficient (Wildman–Crippen LogP) is 3.58. The summed E-state index contributed by atoms with van der Waals surface area (Å²) in [6.07, 6.45) is -4.70. The minimum absolute atomic E-state index is 0.0120. The number of aliphatic hydroxyl groups excluding tert-OH is 1. The maximum atomic E-state index is 14.9. The van der Waals surface area contributed by atoms with E-state index in [-0.39, 0.29) is 47.2 Å². The van der Waals surface area contributed by atoms with Crippen LogP contribution in [0, 0.1) is 11.7 Å². The Bertz CT molecular complexity index is 1100. The van der Waals surface area contributed by atoms with E-state index in [2.05, 4.69) is 0 Å².